The zero-order chi connectivity index (χ0) is 15.4. The van der Waals surface area contributed by atoms with Gasteiger partial charge in [0.1, 0.15) is 11.5 Å². The summed E-state index contributed by atoms with van der Waals surface area (Å²) in [5, 5.41) is 4.52. The highest BCUT2D eigenvalue weighted by molar-refractivity contribution is 6.36. The summed E-state index contributed by atoms with van der Waals surface area (Å²) in [5.41, 5.74) is 2.02. The number of nitrogens with zero attached hydrogens (tertiary/aromatic N) is 1. The molecule has 0 radical (unpaired) electrons. The van der Waals surface area contributed by atoms with E-state index in [9.17, 15) is 0 Å². The van der Waals surface area contributed by atoms with Crippen LogP contribution >= 0.6 is 35.6 Å². The van der Waals surface area contributed by atoms with Crippen molar-refractivity contribution in [1.82, 2.24) is 10.3 Å². The van der Waals surface area contributed by atoms with Crippen LogP contribution < -0.4 is 5.32 Å². The van der Waals surface area contributed by atoms with Gasteiger partial charge in [0.05, 0.1) is 11.6 Å². The first-order valence-electron chi connectivity index (χ1n) is 6.86. The van der Waals surface area contributed by atoms with Crippen molar-refractivity contribution in [3.63, 3.8) is 0 Å². The third kappa shape index (κ3) is 4.72. The maximum Gasteiger partial charge on any atom is 0.135 e. The molecule has 0 aliphatic heterocycles. The second kappa shape index (κ2) is 8.37. The summed E-state index contributed by atoms with van der Waals surface area (Å²) in [6.45, 7) is 1.41. The van der Waals surface area contributed by atoms with Gasteiger partial charge in [-0.3, -0.25) is 4.98 Å². The van der Waals surface area contributed by atoms with Crippen LogP contribution in [-0.2, 0) is 13.1 Å². The Morgan fingerprint density at radius 2 is 1.74 bits per heavy atom. The minimum atomic E-state index is 0. The molecule has 0 bridgehead atoms. The van der Waals surface area contributed by atoms with Gasteiger partial charge in [-0.2, -0.15) is 0 Å². The Morgan fingerprint density at radius 1 is 0.957 bits per heavy atom. The zero-order valence-electron chi connectivity index (χ0n) is 12.1. The lowest BCUT2D eigenvalue weighted by molar-refractivity contribution is 0.493. The molecular formula is C17H15Cl3N2O. The molecule has 3 rings (SSSR count). The molecule has 3 aromatic rings. The Bertz CT molecular complexity index is 760. The maximum absolute atomic E-state index is 6.19. The molecule has 0 amide bonds. The molecule has 23 heavy (non-hydrogen) atoms. The van der Waals surface area contributed by atoms with Gasteiger partial charge in [-0.25, -0.2) is 0 Å². The first-order chi connectivity index (χ1) is 10.7. The molecule has 0 saturated heterocycles. The van der Waals surface area contributed by atoms with Gasteiger partial charge in [-0.1, -0.05) is 23.2 Å². The molecule has 6 heteroatoms. The van der Waals surface area contributed by atoms with E-state index in [1.165, 1.54) is 5.56 Å². The van der Waals surface area contributed by atoms with Crippen molar-refractivity contribution < 1.29 is 4.42 Å². The molecule has 1 aromatic carbocycles. The van der Waals surface area contributed by atoms with E-state index < -0.39 is 0 Å². The monoisotopic (exact) mass is 368 g/mol. The molecule has 0 fully saturated rings. The fourth-order valence-electron chi connectivity index (χ4n) is 2.14. The van der Waals surface area contributed by atoms with Crippen LogP contribution in [0.1, 0.15) is 11.3 Å². The number of nitrogens with one attached hydrogen (secondary N) is 1. The fourth-order valence-corrected chi connectivity index (χ4v) is 2.64. The van der Waals surface area contributed by atoms with E-state index in [0.717, 1.165) is 23.6 Å². The van der Waals surface area contributed by atoms with Crippen LogP contribution in [0.3, 0.4) is 0 Å². The first-order valence-corrected chi connectivity index (χ1v) is 7.62. The lowest BCUT2D eigenvalue weighted by Crippen LogP contribution is -2.11. The third-order valence-electron chi connectivity index (χ3n) is 3.24. The highest BCUT2D eigenvalue weighted by Gasteiger charge is 2.09. The first kappa shape index (κ1) is 17.8. The normalized spacial score (nSPS) is 10.3. The Morgan fingerprint density at radius 3 is 2.48 bits per heavy atom. The molecule has 2 heterocycles. The van der Waals surface area contributed by atoms with Crippen molar-refractivity contribution in [2.24, 2.45) is 0 Å². The molecule has 2 aromatic heterocycles. The number of halogens is 3. The summed E-state index contributed by atoms with van der Waals surface area (Å²) >= 11 is 12.1. The van der Waals surface area contributed by atoms with Crippen LogP contribution in [0.5, 0.6) is 0 Å². The molecule has 0 aliphatic carbocycles. The van der Waals surface area contributed by atoms with Crippen LogP contribution in [0.15, 0.2) is 59.3 Å². The fraction of sp³-hybridized carbons (Fsp3) is 0.118. The van der Waals surface area contributed by atoms with E-state index >= 15 is 0 Å². The molecule has 0 spiro atoms. The SMILES string of the molecule is Cl.Clc1ccc(-c2ccc(CNCc3ccncc3)o2)c(Cl)c1. The third-order valence-corrected chi connectivity index (χ3v) is 3.78. The summed E-state index contributed by atoms with van der Waals surface area (Å²) in [4.78, 5) is 3.99. The highest BCUT2D eigenvalue weighted by Crippen LogP contribution is 2.31. The summed E-state index contributed by atoms with van der Waals surface area (Å²) in [6.07, 6.45) is 3.56. The summed E-state index contributed by atoms with van der Waals surface area (Å²) in [7, 11) is 0. The molecule has 1 N–H and O–H groups in total. The molecule has 120 valence electrons. The van der Waals surface area contributed by atoms with Crippen molar-refractivity contribution in [1.29, 1.82) is 0 Å². The molecule has 0 atom stereocenters. The lowest BCUT2D eigenvalue weighted by Gasteiger charge is -2.03. The zero-order valence-corrected chi connectivity index (χ0v) is 14.5. The minimum absolute atomic E-state index is 0. The van der Waals surface area contributed by atoms with E-state index in [2.05, 4.69) is 10.3 Å². The van der Waals surface area contributed by atoms with Crippen LogP contribution in [-0.4, -0.2) is 4.98 Å². The average Bonchev–Trinajstić information content (AvgIpc) is 2.97. The Balaban J connectivity index is 0.00000192. The quantitative estimate of drug-likeness (QED) is 0.658. The largest absolute Gasteiger partial charge is 0.460 e. The van der Waals surface area contributed by atoms with E-state index in [0.29, 0.717) is 16.6 Å². The number of hydrogen-bond acceptors (Lipinski definition) is 3. The second-order valence-corrected chi connectivity index (χ2v) is 5.69. The van der Waals surface area contributed by atoms with Gasteiger partial charge in [0.15, 0.2) is 0 Å². The van der Waals surface area contributed by atoms with Crippen molar-refractivity contribution in [2.75, 3.05) is 0 Å². The molecule has 0 unspecified atom stereocenters. The summed E-state index contributed by atoms with van der Waals surface area (Å²) in [6, 6.07) is 13.2. The summed E-state index contributed by atoms with van der Waals surface area (Å²) in [5.74, 6) is 1.59. The van der Waals surface area contributed by atoms with Crippen molar-refractivity contribution >= 4 is 35.6 Å². The topological polar surface area (TPSA) is 38.1 Å². The van der Waals surface area contributed by atoms with Crippen molar-refractivity contribution in [3.8, 4) is 11.3 Å². The minimum Gasteiger partial charge on any atom is -0.460 e. The van der Waals surface area contributed by atoms with E-state index in [1.807, 2.05) is 30.3 Å². The molecular weight excluding hydrogens is 355 g/mol. The Kier molecular flexibility index (Phi) is 6.48. The maximum atomic E-state index is 6.19. The van der Waals surface area contributed by atoms with Crippen LogP contribution in [0, 0.1) is 0 Å². The predicted molar refractivity (Wildman–Crippen MR) is 96.2 cm³/mol. The Labute approximate surface area is 151 Å². The lowest BCUT2D eigenvalue weighted by atomic mass is 10.2. The smallest absolute Gasteiger partial charge is 0.135 e. The van der Waals surface area contributed by atoms with Gasteiger partial charge in [0.2, 0.25) is 0 Å². The van der Waals surface area contributed by atoms with Crippen molar-refractivity contribution in [3.05, 3.63) is 76.2 Å². The number of rotatable bonds is 5. The number of pyridine rings is 1. The highest BCUT2D eigenvalue weighted by atomic mass is 35.5. The number of aromatic nitrogens is 1. The van der Waals surface area contributed by atoms with Gasteiger partial charge in [0.25, 0.3) is 0 Å². The molecule has 0 saturated carbocycles. The van der Waals surface area contributed by atoms with E-state index in [4.69, 9.17) is 27.6 Å². The second-order valence-electron chi connectivity index (χ2n) is 4.85. The number of benzene rings is 1. The summed E-state index contributed by atoms with van der Waals surface area (Å²) < 4.78 is 5.83. The van der Waals surface area contributed by atoms with Crippen LogP contribution in [0.25, 0.3) is 11.3 Å². The van der Waals surface area contributed by atoms with Crippen LogP contribution in [0.4, 0.5) is 0 Å². The van der Waals surface area contributed by atoms with Crippen molar-refractivity contribution in [2.45, 2.75) is 13.1 Å². The standard InChI is InChI=1S/C17H14Cl2N2O.ClH/c18-13-1-3-15(16(19)9-13)17-4-2-14(22-17)11-21-10-12-5-7-20-8-6-12;/h1-9,21H,10-11H2;1H. The number of hydrogen-bond donors (Lipinski definition) is 1. The van der Waals surface area contributed by atoms with Gasteiger partial charge >= 0.3 is 0 Å². The van der Waals surface area contributed by atoms with Gasteiger partial charge in [-0.05, 0) is 48.0 Å². The predicted octanol–water partition coefficient (Wildman–Crippen LogP) is 5.36. The van der Waals surface area contributed by atoms with Gasteiger partial charge in [0, 0.05) is 29.5 Å². The Hall–Kier alpha value is -1.52. The van der Waals surface area contributed by atoms with E-state index in [1.54, 1.807) is 24.5 Å². The molecule has 3 nitrogen and oxygen atoms in total. The molecule has 0 aliphatic rings. The average molecular weight is 370 g/mol. The van der Waals surface area contributed by atoms with Gasteiger partial charge in [-0.15, -0.1) is 12.4 Å². The van der Waals surface area contributed by atoms with E-state index in [-0.39, 0.29) is 12.4 Å². The number of furan rings is 1. The van der Waals surface area contributed by atoms with Crippen LogP contribution in [0.2, 0.25) is 10.0 Å². The van der Waals surface area contributed by atoms with Gasteiger partial charge < -0.3 is 9.73 Å².